The van der Waals surface area contributed by atoms with Gasteiger partial charge in [0.2, 0.25) is 0 Å². The maximum Gasteiger partial charge on any atom is 0.138 e. The maximum absolute atomic E-state index is 9.94. The number of aryl methyl sites for hydroxylation is 2. The third-order valence-electron chi connectivity index (χ3n) is 3.19. The highest BCUT2D eigenvalue weighted by molar-refractivity contribution is 5.66. The molecule has 4 heteroatoms. The van der Waals surface area contributed by atoms with Crippen LogP contribution in [0.4, 0.5) is 0 Å². The van der Waals surface area contributed by atoms with E-state index in [9.17, 15) is 5.11 Å². The van der Waals surface area contributed by atoms with E-state index in [-0.39, 0.29) is 0 Å². The molecule has 0 saturated carbocycles. The first-order valence-corrected chi connectivity index (χ1v) is 6.26. The first-order chi connectivity index (χ1) is 8.82. The second-order valence-corrected chi connectivity index (χ2v) is 5.34. The van der Waals surface area contributed by atoms with Crippen molar-refractivity contribution in [2.75, 3.05) is 7.11 Å². The van der Waals surface area contributed by atoms with Crippen molar-refractivity contribution < 1.29 is 9.84 Å². The van der Waals surface area contributed by atoms with Crippen molar-refractivity contribution in [1.29, 1.82) is 0 Å². The molecule has 0 saturated heterocycles. The number of aromatic amines is 1. The van der Waals surface area contributed by atoms with Gasteiger partial charge in [-0.05, 0) is 51.0 Å². The average Bonchev–Trinajstić information content (AvgIpc) is 2.80. The summed E-state index contributed by atoms with van der Waals surface area (Å²) in [6, 6.07) is 4.07. The van der Waals surface area contributed by atoms with E-state index >= 15 is 0 Å². The molecule has 0 aliphatic carbocycles. The van der Waals surface area contributed by atoms with Gasteiger partial charge in [0, 0.05) is 5.56 Å². The Kier molecular flexibility index (Phi) is 3.37. The summed E-state index contributed by atoms with van der Waals surface area (Å²) in [7, 11) is 1.67. The van der Waals surface area contributed by atoms with Crippen LogP contribution < -0.4 is 4.74 Å². The van der Waals surface area contributed by atoms with Crippen LogP contribution in [0.5, 0.6) is 5.75 Å². The van der Waals surface area contributed by atoms with Gasteiger partial charge >= 0.3 is 0 Å². The molecular formula is C15H20N2O2. The average molecular weight is 260 g/mol. The summed E-state index contributed by atoms with van der Waals surface area (Å²) in [4.78, 5) is 7.41. The quantitative estimate of drug-likeness (QED) is 0.892. The Balaban J connectivity index is 2.48. The van der Waals surface area contributed by atoms with Gasteiger partial charge in [-0.3, -0.25) is 0 Å². The van der Waals surface area contributed by atoms with Crippen molar-refractivity contribution >= 4 is 0 Å². The lowest BCUT2D eigenvalue weighted by molar-refractivity contribution is 0.0697. The summed E-state index contributed by atoms with van der Waals surface area (Å²) >= 11 is 0. The van der Waals surface area contributed by atoms with Crippen molar-refractivity contribution in [1.82, 2.24) is 9.97 Å². The van der Waals surface area contributed by atoms with Gasteiger partial charge in [-0.15, -0.1) is 0 Å². The van der Waals surface area contributed by atoms with Crippen LogP contribution in [-0.2, 0) is 5.60 Å². The molecule has 2 N–H and O–H groups in total. The first kappa shape index (κ1) is 13.6. The molecule has 0 amide bonds. The van der Waals surface area contributed by atoms with E-state index in [0.717, 1.165) is 28.1 Å². The lowest BCUT2D eigenvalue weighted by Gasteiger charge is -2.13. The van der Waals surface area contributed by atoms with Crippen molar-refractivity contribution in [2.45, 2.75) is 33.3 Å². The second-order valence-electron chi connectivity index (χ2n) is 5.34. The van der Waals surface area contributed by atoms with E-state index in [1.165, 1.54) is 0 Å². The molecule has 1 aromatic heterocycles. The second kappa shape index (κ2) is 4.70. The number of rotatable bonds is 3. The molecule has 2 aromatic rings. The van der Waals surface area contributed by atoms with Gasteiger partial charge in [0.1, 0.15) is 17.2 Å². The number of ether oxygens (including phenoxy) is 1. The van der Waals surface area contributed by atoms with Crippen molar-refractivity contribution in [3.8, 4) is 17.0 Å². The van der Waals surface area contributed by atoms with E-state index in [2.05, 4.69) is 16.0 Å². The van der Waals surface area contributed by atoms with E-state index in [1.807, 2.05) is 19.9 Å². The van der Waals surface area contributed by atoms with Gasteiger partial charge < -0.3 is 14.8 Å². The number of nitrogens with zero attached hydrogens (tertiary/aromatic N) is 1. The molecule has 2 rings (SSSR count). The first-order valence-electron chi connectivity index (χ1n) is 6.26. The summed E-state index contributed by atoms with van der Waals surface area (Å²) in [5, 5.41) is 9.94. The van der Waals surface area contributed by atoms with E-state index in [4.69, 9.17) is 4.74 Å². The van der Waals surface area contributed by atoms with Crippen LogP contribution in [0, 0.1) is 13.8 Å². The van der Waals surface area contributed by atoms with E-state index in [0.29, 0.717) is 5.82 Å². The molecule has 0 fully saturated rings. The van der Waals surface area contributed by atoms with Crippen LogP contribution in [0.3, 0.4) is 0 Å². The van der Waals surface area contributed by atoms with Gasteiger partial charge in [-0.2, -0.15) is 0 Å². The Labute approximate surface area is 113 Å². The fourth-order valence-corrected chi connectivity index (χ4v) is 2.07. The van der Waals surface area contributed by atoms with Gasteiger partial charge in [0.25, 0.3) is 0 Å². The number of aromatic nitrogens is 2. The Bertz CT molecular complexity index is 595. The minimum Gasteiger partial charge on any atom is -0.496 e. The number of methoxy groups -OCH3 is 1. The fourth-order valence-electron chi connectivity index (χ4n) is 2.07. The highest BCUT2D eigenvalue weighted by Crippen LogP contribution is 2.30. The highest BCUT2D eigenvalue weighted by Gasteiger charge is 2.20. The Morgan fingerprint density at radius 2 is 1.89 bits per heavy atom. The van der Waals surface area contributed by atoms with Crippen LogP contribution in [-0.4, -0.2) is 22.2 Å². The molecule has 0 aliphatic rings. The number of hydrogen-bond donors (Lipinski definition) is 2. The van der Waals surface area contributed by atoms with Gasteiger partial charge in [0.15, 0.2) is 0 Å². The number of nitrogens with one attached hydrogen (secondary N) is 1. The standard InChI is InChI=1S/C15H20N2O2/c1-9-7-13(19-5)10(2)6-11(9)12-8-16-14(17-12)15(3,4)18/h6-8,18H,1-5H3,(H,16,17). The predicted molar refractivity (Wildman–Crippen MR) is 75.3 cm³/mol. The molecule has 0 unspecified atom stereocenters. The largest absolute Gasteiger partial charge is 0.496 e. The minimum absolute atomic E-state index is 0.565. The zero-order valence-electron chi connectivity index (χ0n) is 12.0. The van der Waals surface area contributed by atoms with Crippen molar-refractivity contribution in [3.05, 3.63) is 35.3 Å². The number of aliphatic hydroxyl groups is 1. The minimum atomic E-state index is -0.965. The number of benzene rings is 1. The van der Waals surface area contributed by atoms with Gasteiger partial charge in [-0.25, -0.2) is 4.98 Å². The lowest BCUT2D eigenvalue weighted by atomic mass is 10.0. The molecule has 102 valence electrons. The third kappa shape index (κ3) is 2.63. The Hall–Kier alpha value is -1.81. The Morgan fingerprint density at radius 1 is 1.21 bits per heavy atom. The van der Waals surface area contributed by atoms with Crippen LogP contribution in [0.2, 0.25) is 0 Å². The van der Waals surface area contributed by atoms with Gasteiger partial charge in [0.05, 0.1) is 19.0 Å². The molecule has 0 radical (unpaired) electrons. The predicted octanol–water partition coefficient (Wildman–Crippen LogP) is 2.93. The molecule has 0 spiro atoms. The molecule has 0 bridgehead atoms. The third-order valence-corrected chi connectivity index (χ3v) is 3.19. The molecule has 4 nitrogen and oxygen atoms in total. The van der Waals surface area contributed by atoms with Crippen LogP contribution in [0.15, 0.2) is 18.3 Å². The molecule has 19 heavy (non-hydrogen) atoms. The maximum atomic E-state index is 9.94. The molecule has 0 atom stereocenters. The Morgan fingerprint density at radius 3 is 2.42 bits per heavy atom. The molecular weight excluding hydrogens is 240 g/mol. The summed E-state index contributed by atoms with van der Waals surface area (Å²) in [6.45, 7) is 7.46. The van der Waals surface area contributed by atoms with Crippen molar-refractivity contribution in [3.63, 3.8) is 0 Å². The zero-order chi connectivity index (χ0) is 14.2. The molecule has 0 aliphatic heterocycles. The fraction of sp³-hybridized carbons (Fsp3) is 0.400. The lowest BCUT2D eigenvalue weighted by Crippen LogP contribution is -2.17. The van der Waals surface area contributed by atoms with Gasteiger partial charge in [-0.1, -0.05) is 0 Å². The van der Waals surface area contributed by atoms with Crippen LogP contribution in [0.1, 0.15) is 30.8 Å². The topological polar surface area (TPSA) is 58.1 Å². The summed E-state index contributed by atoms with van der Waals surface area (Å²) < 4.78 is 5.31. The summed E-state index contributed by atoms with van der Waals surface area (Å²) in [6.07, 6.45) is 1.75. The summed E-state index contributed by atoms with van der Waals surface area (Å²) in [5.41, 5.74) is 3.19. The van der Waals surface area contributed by atoms with Crippen LogP contribution >= 0.6 is 0 Å². The number of imidazole rings is 1. The van der Waals surface area contributed by atoms with E-state index in [1.54, 1.807) is 27.2 Å². The number of hydrogen-bond acceptors (Lipinski definition) is 3. The smallest absolute Gasteiger partial charge is 0.138 e. The van der Waals surface area contributed by atoms with Crippen LogP contribution in [0.25, 0.3) is 11.3 Å². The SMILES string of the molecule is COc1cc(C)c(-c2cnc(C(C)(C)O)[nH]2)cc1C. The monoisotopic (exact) mass is 260 g/mol. The molecule has 1 heterocycles. The highest BCUT2D eigenvalue weighted by atomic mass is 16.5. The zero-order valence-corrected chi connectivity index (χ0v) is 12.0. The summed E-state index contributed by atoms with van der Waals surface area (Å²) in [5.74, 6) is 1.44. The normalized spacial score (nSPS) is 11.7. The van der Waals surface area contributed by atoms with E-state index < -0.39 is 5.60 Å². The van der Waals surface area contributed by atoms with Crippen molar-refractivity contribution in [2.24, 2.45) is 0 Å². The number of H-pyrrole nitrogens is 1. The molecule has 1 aromatic carbocycles.